The molecule has 5 heteroatoms. The van der Waals surface area contributed by atoms with Gasteiger partial charge in [0, 0.05) is 13.6 Å². The lowest BCUT2D eigenvalue weighted by Gasteiger charge is -2.21. The highest BCUT2D eigenvalue weighted by Crippen LogP contribution is 2.23. The van der Waals surface area contributed by atoms with Crippen molar-refractivity contribution in [3.8, 4) is 0 Å². The second-order valence-corrected chi connectivity index (χ2v) is 7.77. The summed E-state index contributed by atoms with van der Waals surface area (Å²) in [6.07, 6.45) is -0.869. The van der Waals surface area contributed by atoms with E-state index in [1.807, 2.05) is 42.5 Å². The third-order valence-electron chi connectivity index (χ3n) is 4.04. The molecule has 3 rings (SSSR count). The van der Waals surface area contributed by atoms with E-state index in [0.717, 1.165) is 10.8 Å². The van der Waals surface area contributed by atoms with Crippen LogP contribution in [0.4, 0.5) is 0 Å². The molecule has 124 valence electrons. The number of nitrogens with zero attached hydrogens (tertiary/aromatic N) is 1. The van der Waals surface area contributed by atoms with E-state index in [0.29, 0.717) is 5.56 Å². The summed E-state index contributed by atoms with van der Waals surface area (Å²) in [6, 6.07) is 21.7. The quantitative estimate of drug-likeness (QED) is 0.775. The molecule has 0 saturated carbocycles. The zero-order valence-electron chi connectivity index (χ0n) is 13.3. The molecule has 1 atom stereocenters. The van der Waals surface area contributed by atoms with Crippen molar-refractivity contribution in [1.29, 1.82) is 0 Å². The molecule has 0 aromatic heterocycles. The third-order valence-corrected chi connectivity index (χ3v) is 5.86. The van der Waals surface area contributed by atoms with Crippen LogP contribution in [-0.4, -0.2) is 31.4 Å². The van der Waals surface area contributed by atoms with Crippen molar-refractivity contribution in [2.45, 2.75) is 11.0 Å². The molecule has 0 aliphatic carbocycles. The highest BCUT2D eigenvalue weighted by Gasteiger charge is 2.23. The fraction of sp³-hybridized carbons (Fsp3) is 0.158. The Kier molecular flexibility index (Phi) is 4.66. The van der Waals surface area contributed by atoms with Gasteiger partial charge in [0.15, 0.2) is 0 Å². The zero-order valence-corrected chi connectivity index (χ0v) is 14.1. The molecule has 0 radical (unpaired) electrons. The maximum Gasteiger partial charge on any atom is 0.242 e. The number of benzene rings is 3. The minimum atomic E-state index is -3.66. The standard InChI is InChI=1S/C19H19NO3S/c1-20(14-19(21)16-8-3-2-4-9-16)24(22,23)18-12-11-15-7-5-6-10-17(15)13-18/h2-13,19,21H,14H2,1H3/t19-/m1/s1. The third kappa shape index (κ3) is 3.33. The van der Waals surface area contributed by atoms with Crippen LogP contribution in [0.25, 0.3) is 10.8 Å². The van der Waals surface area contributed by atoms with Gasteiger partial charge in [0.1, 0.15) is 0 Å². The predicted octanol–water partition coefficient (Wildman–Crippen LogP) is 3.19. The highest BCUT2D eigenvalue weighted by molar-refractivity contribution is 7.89. The van der Waals surface area contributed by atoms with Crippen molar-refractivity contribution in [2.75, 3.05) is 13.6 Å². The minimum absolute atomic E-state index is 0.000820. The van der Waals surface area contributed by atoms with Crippen LogP contribution in [0.15, 0.2) is 77.7 Å². The molecule has 3 aromatic carbocycles. The van der Waals surface area contributed by atoms with Gasteiger partial charge in [-0.15, -0.1) is 0 Å². The lowest BCUT2D eigenvalue weighted by molar-refractivity contribution is 0.155. The average Bonchev–Trinajstić information content (AvgIpc) is 2.61. The van der Waals surface area contributed by atoms with Crippen LogP contribution in [0.2, 0.25) is 0 Å². The molecule has 0 spiro atoms. The lowest BCUT2D eigenvalue weighted by Crippen LogP contribution is -2.31. The molecule has 0 saturated heterocycles. The summed E-state index contributed by atoms with van der Waals surface area (Å²) in [7, 11) is -2.18. The molecular weight excluding hydrogens is 322 g/mol. The number of aliphatic hydroxyl groups is 1. The van der Waals surface area contributed by atoms with Crippen molar-refractivity contribution in [2.24, 2.45) is 0 Å². The molecular formula is C19H19NO3S. The van der Waals surface area contributed by atoms with Crippen LogP contribution < -0.4 is 0 Å². The maximum absolute atomic E-state index is 12.8. The molecule has 24 heavy (non-hydrogen) atoms. The van der Waals surface area contributed by atoms with Gasteiger partial charge in [-0.25, -0.2) is 8.42 Å². The highest BCUT2D eigenvalue weighted by atomic mass is 32.2. The smallest absolute Gasteiger partial charge is 0.242 e. The van der Waals surface area contributed by atoms with E-state index >= 15 is 0 Å². The molecule has 3 aromatic rings. The summed E-state index contributed by atoms with van der Waals surface area (Å²) < 4.78 is 26.7. The summed E-state index contributed by atoms with van der Waals surface area (Å²) in [5.74, 6) is 0. The summed E-state index contributed by atoms with van der Waals surface area (Å²) >= 11 is 0. The SMILES string of the molecule is CN(C[C@@H](O)c1ccccc1)S(=O)(=O)c1ccc2ccccc2c1. The molecule has 0 amide bonds. The maximum atomic E-state index is 12.8. The van der Waals surface area contributed by atoms with Gasteiger partial charge in [-0.3, -0.25) is 0 Å². The van der Waals surface area contributed by atoms with Gasteiger partial charge in [-0.1, -0.05) is 60.7 Å². The number of aliphatic hydroxyl groups excluding tert-OH is 1. The fourth-order valence-electron chi connectivity index (χ4n) is 2.63. The zero-order chi connectivity index (χ0) is 17.2. The molecule has 4 nitrogen and oxygen atoms in total. The van der Waals surface area contributed by atoms with Crippen LogP contribution in [-0.2, 0) is 10.0 Å². The Hall–Kier alpha value is -2.21. The van der Waals surface area contributed by atoms with Crippen molar-refractivity contribution >= 4 is 20.8 Å². The largest absolute Gasteiger partial charge is 0.387 e. The van der Waals surface area contributed by atoms with Crippen molar-refractivity contribution in [3.63, 3.8) is 0 Å². The molecule has 0 fully saturated rings. The van der Waals surface area contributed by atoms with Crippen molar-refractivity contribution in [1.82, 2.24) is 4.31 Å². The van der Waals surface area contributed by atoms with Gasteiger partial charge in [-0.05, 0) is 28.5 Å². The second kappa shape index (κ2) is 6.73. The van der Waals surface area contributed by atoms with Gasteiger partial charge in [-0.2, -0.15) is 4.31 Å². The Labute approximate surface area is 142 Å². The van der Waals surface area contributed by atoms with Crippen LogP contribution in [0.3, 0.4) is 0 Å². The van der Waals surface area contributed by atoms with Gasteiger partial charge in [0.25, 0.3) is 0 Å². The number of fused-ring (bicyclic) bond motifs is 1. The molecule has 0 aliphatic rings. The van der Waals surface area contributed by atoms with Crippen molar-refractivity contribution in [3.05, 3.63) is 78.4 Å². The first-order valence-electron chi connectivity index (χ1n) is 7.66. The minimum Gasteiger partial charge on any atom is -0.387 e. The molecule has 0 bridgehead atoms. The number of likely N-dealkylation sites (N-methyl/N-ethyl adjacent to an activating group) is 1. The van der Waals surface area contributed by atoms with E-state index in [1.165, 1.54) is 11.4 Å². The van der Waals surface area contributed by atoms with E-state index in [-0.39, 0.29) is 11.4 Å². The number of rotatable bonds is 5. The monoisotopic (exact) mass is 341 g/mol. The Morgan fingerprint density at radius 3 is 2.25 bits per heavy atom. The molecule has 0 heterocycles. The van der Waals surface area contributed by atoms with E-state index in [2.05, 4.69) is 0 Å². The Morgan fingerprint density at radius 2 is 1.54 bits per heavy atom. The van der Waals surface area contributed by atoms with Crippen LogP contribution >= 0.6 is 0 Å². The fourth-order valence-corrected chi connectivity index (χ4v) is 3.84. The summed E-state index contributed by atoms with van der Waals surface area (Å²) in [5.41, 5.74) is 0.693. The van der Waals surface area contributed by atoms with E-state index in [1.54, 1.807) is 30.3 Å². The van der Waals surface area contributed by atoms with E-state index in [9.17, 15) is 13.5 Å². The summed E-state index contributed by atoms with van der Waals surface area (Å²) in [5, 5.41) is 12.1. The summed E-state index contributed by atoms with van der Waals surface area (Å²) in [4.78, 5) is 0.226. The predicted molar refractivity (Wildman–Crippen MR) is 95.2 cm³/mol. The van der Waals surface area contributed by atoms with E-state index in [4.69, 9.17) is 0 Å². The number of hydrogen-bond donors (Lipinski definition) is 1. The van der Waals surface area contributed by atoms with Crippen molar-refractivity contribution < 1.29 is 13.5 Å². The van der Waals surface area contributed by atoms with Gasteiger partial charge in [0.2, 0.25) is 10.0 Å². The van der Waals surface area contributed by atoms with Gasteiger partial charge >= 0.3 is 0 Å². The summed E-state index contributed by atoms with van der Waals surface area (Å²) in [6.45, 7) is -0.000820. The normalized spacial score (nSPS) is 13.3. The molecule has 0 aliphatic heterocycles. The van der Waals surface area contributed by atoms with Crippen LogP contribution in [0.5, 0.6) is 0 Å². The lowest BCUT2D eigenvalue weighted by atomic mass is 10.1. The van der Waals surface area contributed by atoms with Gasteiger partial charge < -0.3 is 5.11 Å². The van der Waals surface area contributed by atoms with E-state index < -0.39 is 16.1 Å². The topological polar surface area (TPSA) is 57.6 Å². The Bertz CT molecular complexity index is 939. The first kappa shape index (κ1) is 16.6. The molecule has 1 N–H and O–H groups in total. The Balaban J connectivity index is 1.85. The average molecular weight is 341 g/mol. The first-order valence-corrected chi connectivity index (χ1v) is 9.10. The number of hydrogen-bond acceptors (Lipinski definition) is 3. The first-order chi connectivity index (χ1) is 11.5. The second-order valence-electron chi connectivity index (χ2n) is 5.72. The molecule has 0 unspecified atom stereocenters. The van der Waals surface area contributed by atoms with Crippen LogP contribution in [0.1, 0.15) is 11.7 Å². The van der Waals surface area contributed by atoms with Crippen LogP contribution in [0, 0.1) is 0 Å². The number of sulfonamides is 1. The van der Waals surface area contributed by atoms with Gasteiger partial charge in [0.05, 0.1) is 11.0 Å². The Morgan fingerprint density at radius 1 is 0.917 bits per heavy atom.